The van der Waals surface area contributed by atoms with E-state index in [2.05, 4.69) is 41.8 Å². The number of nitrogens with zero attached hydrogens (tertiary/aromatic N) is 2. The number of rotatable bonds is 7. The molecule has 1 rings (SSSR count). The molecule has 17 heavy (non-hydrogen) atoms. The van der Waals surface area contributed by atoms with E-state index in [0.29, 0.717) is 12.6 Å². The summed E-state index contributed by atoms with van der Waals surface area (Å²) >= 11 is 0. The van der Waals surface area contributed by atoms with E-state index in [1.54, 1.807) is 0 Å². The fourth-order valence-electron chi connectivity index (χ4n) is 2.69. The Balaban J connectivity index is 2.31. The Morgan fingerprint density at radius 1 is 1.47 bits per heavy atom. The molecule has 3 nitrogen and oxygen atoms in total. The molecule has 0 saturated carbocycles. The van der Waals surface area contributed by atoms with E-state index in [-0.39, 0.29) is 0 Å². The molecule has 2 atom stereocenters. The monoisotopic (exact) mass is 237 g/mol. The minimum atomic E-state index is 0.587. The molecular weight excluding hydrogens is 210 g/mol. The molecule has 0 radical (unpaired) electrons. The van der Waals surface area contributed by atoms with Crippen LogP contribution < -0.4 is 5.32 Å². The van der Waals surface area contributed by atoms with Crippen LogP contribution in [-0.4, -0.2) is 61.2 Å². The molecule has 1 N–H and O–H groups in total. The van der Waals surface area contributed by atoms with Crippen molar-refractivity contribution in [3.63, 3.8) is 0 Å². The summed E-state index contributed by atoms with van der Waals surface area (Å²) in [6, 6.07) is 1.34. The Morgan fingerprint density at radius 2 is 2.18 bits per heavy atom. The number of nitrogens with one attached hydrogen (secondary N) is 1. The van der Waals surface area contributed by atoms with Crippen molar-refractivity contribution in [2.75, 3.05) is 39.3 Å². The van der Waals surface area contributed by atoms with E-state index < -0.39 is 0 Å². The number of hydrogen-bond donors (Lipinski definition) is 1. The maximum Gasteiger partial charge on any atom is 0.0574 e. The summed E-state index contributed by atoms with van der Waals surface area (Å²) in [4.78, 5) is 5.15. The van der Waals surface area contributed by atoms with Crippen LogP contribution in [0.4, 0.5) is 0 Å². The SMILES string of the molecule is C#CCNCC(C)N1CCC(N(CC)CC)C1. The smallest absolute Gasteiger partial charge is 0.0574 e. The van der Waals surface area contributed by atoms with Gasteiger partial charge in [-0.25, -0.2) is 0 Å². The van der Waals surface area contributed by atoms with E-state index >= 15 is 0 Å². The third kappa shape index (κ3) is 4.31. The lowest BCUT2D eigenvalue weighted by molar-refractivity contribution is 0.192. The first kappa shape index (κ1) is 14.5. The molecule has 0 amide bonds. The first-order valence-corrected chi connectivity index (χ1v) is 6.85. The number of terminal acetylenes is 1. The van der Waals surface area contributed by atoms with E-state index in [1.807, 2.05) is 0 Å². The third-order valence-electron chi connectivity index (χ3n) is 3.81. The summed E-state index contributed by atoms with van der Waals surface area (Å²) in [5.74, 6) is 2.62. The number of hydrogen-bond acceptors (Lipinski definition) is 3. The lowest BCUT2D eigenvalue weighted by atomic mass is 10.2. The van der Waals surface area contributed by atoms with Crippen molar-refractivity contribution in [1.82, 2.24) is 15.1 Å². The predicted molar refractivity (Wildman–Crippen MR) is 74.1 cm³/mol. The Morgan fingerprint density at radius 3 is 2.76 bits per heavy atom. The summed E-state index contributed by atoms with van der Waals surface area (Å²) < 4.78 is 0. The van der Waals surface area contributed by atoms with E-state index in [1.165, 1.54) is 32.6 Å². The number of likely N-dealkylation sites (N-methyl/N-ethyl adjacent to an activating group) is 1. The van der Waals surface area contributed by atoms with Crippen LogP contribution in [0.1, 0.15) is 27.2 Å². The van der Waals surface area contributed by atoms with Crippen LogP contribution in [0.3, 0.4) is 0 Å². The van der Waals surface area contributed by atoms with Gasteiger partial charge in [0.15, 0.2) is 0 Å². The molecule has 1 aliphatic heterocycles. The van der Waals surface area contributed by atoms with Crippen molar-refractivity contribution < 1.29 is 0 Å². The predicted octanol–water partition coefficient (Wildman–Crippen LogP) is 1.01. The maximum atomic E-state index is 5.23. The molecule has 3 heteroatoms. The molecule has 0 aliphatic carbocycles. The molecule has 1 heterocycles. The molecule has 1 aliphatic rings. The molecule has 2 unspecified atom stereocenters. The third-order valence-corrected chi connectivity index (χ3v) is 3.81. The van der Waals surface area contributed by atoms with Crippen molar-refractivity contribution in [3.8, 4) is 12.3 Å². The van der Waals surface area contributed by atoms with E-state index in [0.717, 1.165) is 12.6 Å². The van der Waals surface area contributed by atoms with Crippen LogP contribution in [0.2, 0.25) is 0 Å². The largest absolute Gasteiger partial charge is 0.305 e. The van der Waals surface area contributed by atoms with Gasteiger partial charge >= 0.3 is 0 Å². The van der Waals surface area contributed by atoms with Crippen molar-refractivity contribution >= 4 is 0 Å². The summed E-state index contributed by atoms with van der Waals surface area (Å²) in [7, 11) is 0. The molecule has 0 bridgehead atoms. The Hall–Kier alpha value is -0.560. The average molecular weight is 237 g/mol. The minimum absolute atomic E-state index is 0.587. The quantitative estimate of drug-likeness (QED) is 0.527. The number of likely N-dealkylation sites (tertiary alicyclic amines) is 1. The second kappa shape index (κ2) is 7.71. The molecule has 0 aromatic carbocycles. The van der Waals surface area contributed by atoms with Crippen molar-refractivity contribution in [2.24, 2.45) is 0 Å². The summed E-state index contributed by atoms with van der Waals surface area (Å²) in [6.07, 6.45) is 6.54. The van der Waals surface area contributed by atoms with E-state index in [4.69, 9.17) is 6.42 Å². The Kier molecular flexibility index (Phi) is 6.57. The Labute approximate surface area is 107 Å². The second-order valence-electron chi connectivity index (χ2n) is 4.84. The van der Waals surface area contributed by atoms with Crippen LogP contribution in [0.15, 0.2) is 0 Å². The molecule has 1 fully saturated rings. The highest BCUT2D eigenvalue weighted by atomic mass is 15.3. The van der Waals surface area contributed by atoms with Crippen molar-refractivity contribution in [3.05, 3.63) is 0 Å². The Bertz CT molecular complexity index is 242. The zero-order valence-corrected chi connectivity index (χ0v) is 11.6. The van der Waals surface area contributed by atoms with Gasteiger partial charge in [-0.05, 0) is 26.4 Å². The van der Waals surface area contributed by atoms with Crippen LogP contribution in [-0.2, 0) is 0 Å². The first-order valence-electron chi connectivity index (χ1n) is 6.85. The highest BCUT2D eigenvalue weighted by Crippen LogP contribution is 2.17. The maximum absolute atomic E-state index is 5.23. The summed E-state index contributed by atoms with van der Waals surface area (Å²) in [5.41, 5.74) is 0. The summed E-state index contributed by atoms with van der Waals surface area (Å²) in [5, 5.41) is 3.29. The zero-order valence-electron chi connectivity index (χ0n) is 11.6. The molecule has 98 valence electrons. The van der Waals surface area contributed by atoms with Gasteiger partial charge in [0.2, 0.25) is 0 Å². The molecule has 0 aromatic rings. The topological polar surface area (TPSA) is 18.5 Å². The van der Waals surface area contributed by atoms with Crippen molar-refractivity contribution in [1.29, 1.82) is 0 Å². The van der Waals surface area contributed by atoms with Crippen LogP contribution in [0, 0.1) is 12.3 Å². The normalized spacial score (nSPS) is 22.9. The summed E-state index contributed by atoms with van der Waals surface area (Å²) in [6.45, 7) is 13.2. The van der Waals surface area contributed by atoms with Crippen molar-refractivity contribution in [2.45, 2.75) is 39.3 Å². The lowest BCUT2D eigenvalue weighted by Crippen LogP contribution is -2.42. The van der Waals surface area contributed by atoms with Crippen LogP contribution >= 0.6 is 0 Å². The van der Waals surface area contributed by atoms with Gasteiger partial charge in [-0.1, -0.05) is 19.8 Å². The van der Waals surface area contributed by atoms with Crippen LogP contribution in [0.25, 0.3) is 0 Å². The average Bonchev–Trinajstić information content (AvgIpc) is 2.80. The second-order valence-corrected chi connectivity index (χ2v) is 4.84. The standard InChI is InChI=1S/C14H27N3/c1-5-9-15-11-13(4)17-10-8-14(12-17)16(6-2)7-3/h1,13-15H,6-12H2,2-4H3. The highest BCUT2D eigenvalue weighted by Gasteiger charge is 2.28. The lowest BCUT2D eigenvalue weighted by Gasteiger charge is -2.28. The molecule has 0 aromatic heterocycles. The van der Waals surface area contributed by atoms with Gasteiger partial charge in [0.25, 0.3) is 0 Å². The first-order chi connectivity index (χ1) is 8.22. The minimum Gasteiger partial charge on any atom is -0.305 e. The zero-order chi connectivity index (χ0) is 12.7. The van der Waals surface area contributed by atoms with Gasteiger partial charge in [-0.2, -0.15) is 0 Å². The van der Waals surface area contributed by atoms with Gasteiger partial charge in [0.05, 0.1) is 6.54 Å². The molecule has 0 spiro atoms. The fraction of sp³-hybridized carbons (Fsp3) is 0.857. The van der Waals surface area contributed by atoms with Gasteiger partial charge in [-0.3, -0.25) is 9.80 Å². The highest BCUT2D eigenvalue weighted by molar-refractivity contribution is 4.89. The van der Waals surface area contributed by atoms with Gasteiger partial charge in [-0.15, -0.1) is 6.42 Å². The van der Waals surface area contributed by atoms with Crippen LogP contribution in [0.5, 0.6) is 0 Å². The van der Waals surface area contributed by atoms with Gasteiger partial charge in [0, 0.05) is 31.7 Å². The van der Waals surface area contributed by atoms with Gasteiger partial charge in [0.1, 0.15) is 0 Å². The molecule has 1 saturated heterocycles. The van der Waals surface area contributed by atoms with Gasteiger partial charge < -0.3 is 5.32 Å². The fourth-order valence-corrected chi connectivity index (χ4v) is 2.69. The van der Waals surface area contributed by atoms with E-state index in [9.17, 15) is 0 Å². The molecular formula is C14H27N3.